The second-order valence-corrected chi connectivity index (χ2v) is 7.90. The van der Waals surface area contributed by atoms with Crippen molar-refractivity contribution in [2.24, 2.45) is 7.05 Å². The van der Waals surface area contributed by atoms with Gasteiger partial charge in [-0.05, 0) is 61.7 Å². The van der Waals surface area contributed by atoms with Crippen molar-refractivity contribution in [3.05, 3.63) is 59.9 Å². The zero-order chi connectivity index (χ0) is 22.1. The molecular weight excluding hydrogens is 412 g/mol. The summed E-state index contributed by atoms with van der Waals surface area (Å²) in [6.45, 7) is 2.55. The van der Waals surface area contributed by atoms with Crippen LogP contribution in [0.1, 0.15) is 24.7 Å². The molecule has 0 aliphatic heterocycles. The van der Waals surface area contributed by atoms with E-state index in [0.29, 0.717) is 6.61 Å². The molecule has 0 spiro atoms. The molecule has 0 aliphatic rings. The summed E-state index contributed by atoms with van der Waals surface area (Å²) in [5.41, 5.74) is 2.01. The number of ether oxygens (including phenoxy) is 2. The van der Waals surface area contributed by atoms with Gasteiger partial charge in [0.25, 0.3) is 0 Å². The lowest BCUT2D eigenvalue weighted by Crippen LogP contribution is -2.14. The van der Waals surface area contributed by atoms with Crippen molar-refractivity contribution < 1.29 is 14.3 Å². The third-order valence-electron chi connectivity index (χ3n) is 4.73. The molecule has 31 heavy (non-hydrogen) atoms. The van der Waals surface area contributed by atoms with Gasteiger partial charge in [0.05, 0.1) is 19.5 Å². The number of benzene rings is 2. The largest absolute Gasteiger partial charge is 0.497 e. The summed E-state index contributed by atoms with van der Waals surface area (Å²) < 4.78 is 12.6. The molecule has 1 N–H and O–H groups in total. The second-order valence-electron chi connectivity index (χ2n) is 6.95. The van der Waals surface area contributed by atoms with Gasteiger partial charge in [-0.15, -0.1) is 10.2 Å². The Balaban J connectivity index is 1.44. The Bertz CT molecular complexity index is 971. The summed E-state index contributed by atoms with van der Waals surface area (Å²) >= 11 is 1.38. The van der Waals surface area contributed by atoms with E-state index < -0.39 is 0 Å². The van der Waals surface area contributed by atoms with Gasteiger partial charge < -0.3 is 19.4 Å². The molecule has 0 atom stereocenters. The lowest BCUT2D eigenvalue weighted by atomic mass is 10.1. The maximum atomic E-state index is 12.3. The smallest absolute Gasteiger partial charge is 0.234 e. The third-order valence-corrected chi connectivity index (χ3v) is 5.75. The molecule has 1 amide bonds. The molecule has 0 unspecified atom stereocenters. The maximum absolute atomic E-state index is 12.3. The number of thioether (sulfide) groups is 1. The van der Waals surface area contributed by atoms with Gasteiger partial charge >= 0.3 is 0 Å². The van der Waals surface area contributed by atoms with Crippen molar-refractivity contribution in [1.29, 1.82) is 0 Å². The minimum atomic E-state index is -0.0850. The number of carbonyl (C=O) groups excluding carboxylic acids is 1. The van der Waals surface area contributed by atoms with Crippen LogP contribution in [0.3, 0.4) is 0 Å². The lowest BCUT2D eigenvalue weighted by molar-refractivity contribution is -0.113. The van der Waals surface area contributed by atoms with Crippen LogP contribution in [0.25, 0.3) is 0 Å². The van der Waals surface area contributed by atoms with Gasteiger partial charge in [-0.3, -0.25) is 4.79 Å². The molecular formula is C23H28N4O3S. The molecule has 7 nitrogen and oxygen atoms in total. The summed E-state index contributed by atoms with van der Waals surface area (Å²) in [5, 5.41) is 12.2. The Morgan fingerprint density at radius 1 is 1.03 bits per heavy atom. The molecule has 0 radical (unpaired) electrons. The van der Waals surface area contributed by atoms with E-state index in [1.54, 1.807) is 7.11 Å². The van der Waals surface area contributed by atoms with Crippen molar-refractivity contribution in [3.63, 3.8) is 0 Å². The number of aryl methyl sites for hydroxylation is 2. The van der Waals surface area contributed by atoms with Gasteiger partial charge in [0, 0.05) is 19.2 Å². The van der Waals surface area contributed by atoms with Crippen LogP contribution in [-0.4, -0.2) is 40.1 Å². The summed E-state index contributed by atoms with van der Waals surface area (Å²) in [5.74, 6) is 2.75. The maximum Gasteiger partial charge on any atom is 0.234 e. The van der Waals surface area contributed by atoms with E-state index in [0.717, 1.165) is 47.4 Å². The highest BCUT2D eigenvalue weighted by atomic mass is 32.2. The topological polar surface area (TPSA) is 78.3 Å². The summed E-state index contributed by atoms with van der Waals surface area (Å²) in [4.78, 5) is 12.3. The molecule has 0 saturated carbocycles. The lowest BCUT2D eigenvalue weighted by Gasteiger charge is -2.07. The van der Waals surface area contributed by atoms with Gasteiger partial charge in [0.2, 0.25) is 5.91 Å². The fourth-order valence-corrected chi connectivity index (χ4v) is 3.79. The number of rotatable bonds is 11. The zero-order valence-corrected chi connectivity index (χ0v) is 18.9. The number of nitrogens with one attached hydrogen (secondary N) is 1. The van der Waals surface area contributed by atoms with Crippen molar-refractivity contribution in [3.8, 4) is 11.5 Å². The second kappa shape index (κ2) is 11.4. The van der Waals surface area contributed by atoms with E-state index in [4.69, 9.17) is 9.47 Å². The van der Waals surface area contributed by atoms with E-state index in [2.05, 4.69) is 27.6 Å². The standard InChI is InChI=1S/C23H28N4O3S/c1-4-30-20-14-10-18(11-15-20)24-22(28)16-31-23-26-25-21(27(23)2)7-5-6-17-8-12-19(29-3)13-9-17/h8-15H,4-7,16H2,1-3H3,(H,24,28). The molecule has 1 heterocycles. The molecule has 3 rings (SSSR count). The molecule has 3 aromatic rings. The number of hydrogen-bond donors (Lipinski definition) is 1. The van der Waals surface area contributed by atoms with Gasteiger partial charge in [0.1, 0.15) is 17.3 Å². The molecule has 164 valence electrons. The molecule has 0 fully saturated rings. The number of aromatic nitrogens is 3. The van der Waals surface area contributed by atoms with Crippen LogP contribution in [0.2, 0.25) is 0 Å². The van der Waals surface area contributed by atoms with Crippen LogP contribution in [0, 0.1) is 0 Å². The normalized spacial score (nSPS) is 10.7. The Labute approximate surface area is 187 Å². The quantitative estimate of drug-likeness (QED) is 0.452. The summed E-state index contributed by atoms with van der Waals surface area (Å²) in [6.07, 6.45) is 2.76. The SMILES string of the molecule is CCOc1ccc(NC(=O)CSc2nnc(CCCc3ccc(OC)cc3)n2C)cc1. The molecule has 2 aromatic carbocycles. The van der Waals surface area contributed by atoms with Gasteiger partial charge in [-0.25, -0.2) is 0 Å². The van der Waals surface area contributed by atoms with Crippen LogP contribution < -0.4 is 14.8 Å². The first-order chi connectivity index (χ1) is 15.1. The average molecular weight is 441 g/mol. The zero-order valence-electron chi connectivity index (χ0n) is 18.1. The van der Waals surface area contributed by atoms with Gasteiger partial charge in [0.15, 0.2) is 5.16 Å². The minimum Gasteiger partial charge on any atom is -0.497 e. The minimum absolute atomic E-state index is 0.0850. The van der Waals surface area contributed by atoms with E-state index in [1.807, 2.05) is 54.9 Å². The predicted molar refractivity (Wildman–Crippen MR) is 123 cm³/mol. The Hall–Kier alpha value is -3.00. The molecule has 0 aliphatic carbocycles. The Morgan fingerprint density at radius 2 is 1.74 bits per heavy atom. The van der Waals surface area contributed by atoms with Crippen LogP contribution in [0.15, 0.2) is 53.7 Å². The highest BCUT2D eigenvalue weighted by Crippen LogP contribution is 2.19. The van der Waals surface area contributed by atoms with Crippen molar-refractivity contribution in [2.45, 2.75) is 31.3 Å². The van der Waals surface area contributed by atoms with E-state index in [9.17, 15) is 4.79 Å². The molecule has 1 aromatic heterocycles. The number of methoxy groups -OCH3 is 1. The first kappa shape index (κ1) is 22.7. The van der Waals surface area contributed by atoms with Crippen molar-refractivity contribution in [2.75, 3.05) is 24.8 Å². The Kier molecular flexibility index (Phi) is 8.35. The summed E-state index contributed by atoms with van der Waals surface area (Å²) in [7, 11) is 3.61. The van der Waals surface area contributed by atoms with E-state index >= 15 is 0 Å². The van der Waals surface area contributed by atoms with E-state index in [1.165, 1.54) is 17.3 Å². The first-order valence-electron chi connectivity index (χ1n) is 10.3. The first-order valence-corrected chi connectivity index (χ1v) is 11.2. The number of nitrogens with zero attached hydrogens (tertiary/aromatic N) is 3. The number of hydrogen-bond acceptors (Lipinski definition) is 6. The highest BCUT2D eigenvalue weighted by Gasteiger charge is 2.12. The van der Waals surface area contributed by atoms with Crippen molar-refractivity contribution >= 4 is 23.4 Å². The van der Waals surface area contributed by atoms with Gasteiger partial charge in [-0.1, -0.05) is 23.9 Å². The van der Waals surface area contributed by atoms with Crippen LogP contribution in [0.5, 0.6) is 11.5 Å². The highest BCUT2D eigenvalue weighted by molar-refractivity contribution is 7.99. The predicted octanol–water partition coefficient (Wildman–Crippen LogP) is 4.13. The van der Waals surface area contributed by atoms with Crippen LogP contribution >= 0.6 is 11.8 Å². The molecule has 8 heteroatoms. The number of amides is 1. The number of anilines is 1. The Morgan fingerprint density at radius 3 is 2.42 bits per heavy atom. The fraction of sp³-hybridized carbons (Fsp3) is 0.348. The number of carbonyl (C=O) groups is 1. The van der Waals surface area contributed by atoms with Crippen LogP contribution in [0.4, 0.5) is 5.69 Å². The fourth-order valence-electron chi connectivity index (χ4n) is 3.06. The molecule has 0 saturated heterocycles. The monoisotopic (exact) mass is 440 g/mol. The van der Waals surface area contributed by atoms with Gasteiger partial charge in [-0.2, -0.15) is 0 Å². The molecule has 0 bridgehead atoms. The van der Waals surface area contributed by atoms with Crippen LogP contribution in [-0.2, 0) is 24.7 Å². The third kappa shape index (κ3) is 6.75. The van der Waals surface area contributed by atoms with E-state index in [-0.39, 0.29) is 11.7 Å². The average Bonchev–Trinajstić information content (AvgIpc) is 3.14. The summed E-state index contributed by atoms with van der Waals surface area (Å²) in [6, 6.07) is 15.5. The van der Waals surface area contributed by atoms with Crippen molar-refractivity contribution in [1.82, 2.24) is 14.8 Å².